The van der Waals surface area contributed by atoms with E-state index in [2.05, 4.69) is 43.9 Å². The van der Waals surface area contributed by atoms with Crippen LogP contribution >= 0.6 is 0 Å². The summed E-state index contributed by atoms with van der Waals surface area (Å²) in [5.41, 5.74) is 4.49. The van der Waals surface area contributed by atoms with Crippen LogP contribution in [0.1, 0.15) is 62.5 Å². The van der Waals surface area contributed by atoms with E-state index in [1.54, 1.807) is 17.3 Å². The van der Waals surface area contributed by atoms with Gasteiger partial charge in [0.15, 0.2) is 0 Å². The summed E-state index contributed by atoms with van der Waals surface area (Å²) in [7, 11) is 0. The zero-order chi connectivity index (χ0) is 23.0. The minimum atomic E-state index is 0.452. The third-order valence-corrected chi connectivity index (χ3v) is 9.61. The second-order valence-electron chi connectivity index (χ2n) is 11.4. The fraction of sp³-hybridized carbons (Fsp3) is 0.600. The summed E-state index contributed by atoms with van der Waals surface area (Å²) in [4.78, 5) is 13.0. The van der Waals surface area contributed by atoms with E-state index < -0.39 is 0 Å². The molecule has 1 saturated carbocycles. The molecule has 34 heavy (non-hydrogen) atoms. The quantitative estimate of drug-likeness (QED) is 0.499. The predicted octanol–water partition coefficient (Wildman–Crippen LogP) is 6.25. The highest BCUT2D eigenvalue weighted by Crippen LogP contribution is 2.55. The molecule has 0 spiro atoms. The fourth-order valence-corrected chi connectivity index (χ4v) is 8.02. The van der Waals surface area contributed by atoms with Crippen molar-refractivity contribution in [3.8, 4) is 0 Å². The van der Waals surface area contributed by atoms with Gasteiger partial charge in [0.2, 0.25) is 5.69 Å². The van der Waals surface area contributed by atoms with E-state index >= 15 is 0 Å². The minimum Gasteiger partial charge on any atom is -0.356 e. The Bertz CT molecular complexity index is 1020. The first-order valence-corrected chi connectivity index (χ1v) is 13.7. The maximum Gasteiger partial charge on any atom is 0.205 e. The second kappa shape index (κ2) is 9.34. The van der Waals surface area contributed by atoms with Crippen molar-refractivity contribution in [2.75, 3.05) is 37.6 Å². The molecule has 178 valence electrons. The van der Waals surface area contributed by atoms with E-state index in [9.17, 15) is 0 Å². The number of aryl methyl sites for hydroxylation is 1. The summed E-state index contributed by atoms with van der Waals surface area (Å²) in [5.74, 6) is 3.54. The van der Waals surface area contributed by atoms with Crippen molar-refractivity contribution in [1.29, 1.82) is 0 Å². The molecular formula is C30H38N4. The topological polar surface area (TPSA) is 23.7 Å². The summed E-state index contributed by atoms with van der Waals surface area (Å²) >= 11 is 0. The molecule has 3 heterocycles. The van der Waals surface area contributed by atoms with Gasteiger partial charge in [-0.1, -0.05) is 43.2 Å². The molecule has 4 heteroatoms. The number of pyridine rings is 1. The molecule has 3 fully saturated rings. The SMILES string of the molecule is [C-]#[N+]c1ccc(N2CC(CN3CCC(C4(C5CCCC5)CCCc5ccccc54)CC3)C2)nc1. The van der Waals surface area contributed by atoms with Gasteiger partial charge >= 0.3 is 0 Å². The molecule has 2 aliphatic heterocycles. The van der Waals surface area contributed by atoms with Crippen LogP contribution in [-0.2, 0) is 11.8 Å². The van der Waals surface area contributed by atoms with Crippen LogP contribution in [0.2, 0.25) is 0 Å². The van der Waals surface area contributed by atoms with Gasteiger partial charge in [-0.2, -0.15) is 0 Å². The van der Waals surface area contributed by atoms with Crippen LogP contribution in [0.3, 0.4) is 0 Å². The number of anilines is 1. The van der Waals surface area contributed by atoms with Gasteiger partial charge in [-0.15, -0.1) is 0 Å². The molecule has 0 radical (unpaired) electrons. The van der Waals surface area contributed by atoms with E-state index in [-0.39, 0.29) is 0 Å². The summed E-state index contributed by atoms with van der Waals surface area (Å²) in [6.45, 7) is 13.1. The zero-order valence-corrected chi connectivity index (χ0v) is 20.5. The summed E-state index contributed by atoms with van der Waals surface area (Å²) in [5, 5.41) is 0. The molecule has 0 N–H and O–H groups in total. The molecule has 1 unspecified atom stereocenters. The van der Waals surface area contributed by atoms with Crippen molar-refractivity contribution in [1.82, 2.24) is 9.88 Å². The van der Waals surface area contributed by atoms with E-state index in [1.165, 1.54) is 77.4 Å². The number of aromatic nitrogens is 1. The molecular weight excluding hydrogens is 416 g/mol. The lowest BCUT2D eigenvalue weighted by atomic mass is 9.54. The van der Waals surface area contributed by atoms with Crippen molar-refractivity contribution in [2.24, 2.45) is 17.8 Å². The number of fused-ring (bicyclic) bond motifs is 1. The highest BCUT2D eigenvalue weighted by atomic mass is 15.3. The Morgan fingerprint density at radius 3 is 2.44 bits per heavy atom. The van der Waals surface area contributed by atoms with E-state index in [4.69, 9.17) is 6.57 Å². The Morgan fingerprint density at radius 2 is 1.71 bits per heavy atom. The monoisotopic (exact) mass is 454 g/mol. The Kier molecular flexibility index (Phi) is 6.08. The maximum absolute atomic E-state index is 7.10. The van der Waals surface area contributed by atoms with Crippen LogP contribution in [0.25, 0.3) is 4.85 Å². The van der Waals surface area contributed by atoms with Crippen LogP contribution in [0.15, 0.2) is 42.6 Å². The fourth-order valence-electron chi connectivity index (χ4n) is 8.02. The molecule has 6 rings (SSSR count). The Hall–Kier alpha value is -2.38. The molecule has 0 amide bonds. The minimum absolute atomic E-state index is 0.452. The van der Waals surface area contributed by atoms with Crippen LogP contribution in [0, 0.1) is 24.3 Å². The summed E-state index contributed by atoms with van der Waals surface area (Å²) < 4.78 is 0. The molecule has 1 aromatic carbocycles. The number of likely N-dealkylation sites (tertiary alicyclic amines) is 1. The molecule has 4 nitrogen and oxygen atoms in total. The maximum atomic E-state index is 7.10. The van der Waals surface area contributed by atoms with Crippen LogP contribution in [-0.4, -0.2) is 42.6 Å². The number of piperidine rings is 1. The molecule has 4 aliphatic rings. The lowest BCUT2D eigenvalue weighted by molar-refractivity contribution is 0.0648. The lowest BCUT2D eigenvalue weighted by Crippen LogP contribution is -2.54. The van der Waals surface area contributed by atoms with Crippen LogP contribution in [0.5, 0.6) is 0 Å². The highest BCUT2D eigenvalue weighted by molar-refractivity contribution is 5.50. The van der Waals surface area contributed by atoms with Gasteiger partial charge in [-0.25, -0.2) is 4.85 Å². The molecule has 0 bridgehead atoms. The van der Waals surface area contributed by atoms with Crippen molar-refractivity contribution < 1.29 is 0 Å². The number of benzene rings is 1. The van der Waals surface area contributed by atoms with E-state index in [0.29, 0.717) is 11.1 Å². The number of hydrogen-bond acceptors (Lipinski definition) is 3. The van der Waals surface area contributed by atoms with E-state index in [1.807, 2.05) is 12.1 Å². The Balaban J connectivity index is 1.09. The average molecular weight is 455 g/mol. The van der Waals surface area contributed by atoms with Crippen molar-refractivity contribution in [2.45, 2.75) is 63.2 Å². The first kappa shape index (κ1) is 22.1. The van der Waals surface area contributed by atoms with Gasteiger partial charge in [-0.05, 0) is 87.1 Å². The third-order valence-electron chi connectivity index (χ3n) is 9.61. The van der Waals surface area contributed by atoms with Gasteiger partial charge < -0.3 is 9.80 Å². The molecule has 2 saturated heterocycles. The number of nitrogens with zero attached hydrogens (tertiary/aromatic N) is 4. The normalized spacial score (nSPS) is 26.7. The summed E-state index contributed by atoms with van der Waals surface area (Å²) in [6.07, 6.45) is 14.4. The Labute approximate surface area is 205 Å². The molecule has 2 aromatic rings. The second-order valence-corrected chi connectivity index (χ2v) is 11.4. The smallest absolute Gasteiger partial charge is 0.205 e. The molecule has 1 aromatic heterocycles. The highest BCUT2D eigenvalue weighted by Gasteiger charge is 2.49. The molecule has 1 atom stereocenters. The van der Waals surface area contributed by atoms with Crippen molar-refractivity contribution in [3.05, 3.63) is 65.1 Å². The predicted molar refractivity (Wildman–Crippen MR) is 138 cm³/mol. The number of rotatable bonds is 5. The van der Waals surface area contributed by atoms with Crippen LogP contribution < -0.4 is 4.90 Å². The zero-order valence-electron chi connectivity index (χ0n) is 20.5. The third kappa shape index (κ3) is 3.93. The first-order valence-electron chi connectivity index (χ1n) is 13.7. The van der Waals surface area contributed by atoms with Gasteiger partial charge in [0, 0.05) is 37.2 Å². The van der Waals surface area contributed by atoms with Gasteiger partial charge in [0.25, 0.3) is 0 Å². The van der Waals surface area contributed by atoms with Crippen molar-refractivity contribution >= 4 is 11.5 Å². The standard InChI is InChI=1S/C30H38N4/c1-31-27-12-13-29(32-19-27)34-21-23(22-34)20-33-17-14-26(15-18-33)30(25-9-3-4-10-25)16-6-8-24-7-2-5-11-28(24)30/h2,5,7,11-13,19,23,25-26H,3-4,6,8-10,14-18,20-22H2. The van der Waals surface area contributed by atoms with E-state index in [0.717, 1.165) is 36.7 Å². The Morgan fingerprint density at radius 1 is 0.941 bits per heavy atom. The van der Waals surface area contributed by atoms with Crippen LogP contribution in [0.4, 0.5) is 11.5 Å². The summed E-state index contributed by atoms with van der Waals surface area (Å²) in [6, 6.07) is 13.4. The first-order chi connectivity index (χ1) is 16.8. The largest absolute Gasteiger partial charge is 0.356 e. The number of hydrogen-bond donors (Lipinski definition) is 0. The van der Waals surface area contributed by atoms with Crippen molar-refractivity contribution in [3.63, 3.8) is 0 Å². The van der Waals surface area contributed by atoms with Gasteiger partial charge in [0.1, 0.15) is 5.82 Å². The lowest BCUT2D eigenvalue weighted by Gasteiger charge is -2.52. The molecule has 2 aliphatic carbocycles. The average Bonchev–Trinajstić information content (AvgIpc) is 3.42. The van der Waals surface area contributed by atoms with Gasteiger partial charge in [0.05, 0.1) is 6.57 Å². The van der Waals surface area contributed by atoms with Gasteiger partial charge in [-0.3, -0.25) is 4.98 Å².